The van der Waals surface area contributed by atoms with Crippen molar-refractivity contribution in [3.05, 3.63) is 21.4 Å². The van der Waals surface area contributed by atoms with Gasteiger partial charge in [-0.15, -0.1) is 11.3 Å². The highest BCUT2D eigenvalue weighted by Crippen LogP contribution is 2.24. The molecule has 0 spiro atoms. The van der Waals surface area contributed by atoms with Gasteiger partial charge in [0.25, 0.3) is 0 Å². The Bertz CT molecular complexity index is 380. The number of hydrogen-bond donors (Lipinski definition) is 1. The van der Waals surface area contributed by atoms with Gasteiger partial charge in [-0.2, -0.15) is 0 Å². The molecule has 1 saturated heterocycles. The number of rotatable bonds is 3. The highest BCUT2D eigenvalue weighted by molar-refractivity contribution is 7.14. The Morgan fingerprint density at radius 2 is 2.12 bits per heavy atom. The average molecular weight is 239 g/mol. The van der Waals surface area contributed by atoms with Gasteiger partial charge in [0.2, 0.25) is 0 Å². The van der Waals surface area contributed by atoms with Crippen molar-refractivity contribution in [2.24, 2.45) is 0 Å². The summed E-state index contributed by atoms with van der Waals surface area (Å²) in [5.74, 6) is -0.807. The minimum Gasteiger partial charge on any atom is -0.477 e. The largest absolute Gasteiger partial charge is 0.477 e. The van der Waals surface area contributed by atoms with Gasteiger partial charge in [0.05, 0.1) is 0 Å². The third kappa shape index (κ3) is 2.62. The molecule has 0 bridgehead atoms. The summed E-state index contributed by atoms with van der Waals surface area (Å²) >= 11 is 1.38. The Hall–Kier alpha value is -0.870. The Morgan fingerprint density at radius 3 is 2.69 bits per heavy atom. The molecule has 1 aliphatic heterocycles. The fourth-order valence-electron chi connectivity index (χ4n) is 2.14. The molecular weight excluding hydrogens is 222 g/mol. The van der Waals surface area contributed by atoms with Crippen molar-refractivity contribution < 1.29 is 9.90 Å². The van der Waals surface area contributed by atoms with Crippen molar-refractivity contribution in [1.82, 2.24) is 4.90 Å². The molecule has 1 aliphatic rings. The summed E-state index contributed by atoms with van der Waals surface area (Å²) in [6, 6.07) is 1.83. The first kappa shape index (κ1) is 11.6. The molecule has 0 amide bonds. The molecule has 88 valence electrons. The molecule has 1 aromatic heterocycles. The van der Waals surface area contributed by atoms with Crippen LogP contribution >= 0.6 is 11.3 Å². The first-order valence-corrected chi connectivity index (χ1v) is 6.53. The first-order valence-electron chi connectivity index (χ1n) is 5.72. The van der Waals surface area contributed by atoms with Crippen LogP contribution in [0, 0.1) is 6.92 Å². The molecule has 1 aromatic rings. The molecule has 4 heteroatoms. The minimum absolute atomic E-state index is 0.463. The number of carboxylic acid groups (broad SMARTS) is 1. The third-order valence-electron chi connectivity index (χ3n) is 3.07. The van der Waals surface area contributed by atoms with Crippen molar-refractivity contribution in [1.29, 1.82) is 0 Å². The number of aromatic carboxylic acids is 1. The number of piperidine rings is 1. The normalized spacial score (nSPS) is 17.6. The van der Waals surface area contributed by atoms with Gasteiger partial charge in [-0.25, -0.2) is 4.79 Å². The van der Waals surface area contributed by atoms with Crippen LogP contribution in [0.5, 0.6) is 0 Å². The van der Waals surface area contributed by atoms with Gasteiger partial charge in [0.1, 0.15) is 4.88 Å². The Morgan fingerprint density at radius 1 is 1.44 bits per heavy atom. The maximum absolute atomic E-state index is 10.9. The molecule has 0 atom stereocenters. The number of nitrogens with zero attached hydrogens (tertiary/aromatic N) is 1. The van der Waals surface area contributed by atoms with E-state index in [9.17, 15) is 4.79 Å². The van der Waals surface area contributed by atoms with Crippen LogP contribution in [0.4, 0.5) is 0 Å². The Kier molecular flexibility index (Phi) is 3.61. The number of hydrogen-bond acceptors (Lipinski definition) is 3. The lowest BCUT2D eigenvalue weighted by atomic mass is 10.1. The number of likely N-dealkylation sites (tertiary alicyclic amines) is 1. The molecule has 0 radical (unpaired) electrons. The molecule has 0 aromatic carbocycles. The number of thiophene rings is 1. The first-order chi connectivity index (χ1) is 7.66. The van der Waals surface area contributed by atoms with Gasteiger partial charge >= 0.3 is 5.97 Å². The topological polar surface area (TPSA) is 40.5 Å². The van der Waals surface area contributed by atoms with Crippen LogP contribution < -0.4 is 0 Å². The number of aryl methyl sites for hydroxylation is 1. The molecule has 1 N–H and O–H groups in total. The fraction of sp³-hybridized carbons (Fsp3) is 0.583. The highest BCUT2D eigenvalue weighted by atomic mass is 32.1. The maximum atomic E-state index is 10.9. The lowest BCUT2D eigenvalue weighted by Gasteiger charge is -2.26. The molecule has 2 rings (SSSR count). The molecule has 1 fully saturated rings. The zero-order chi connectivity index (χ0) is 11.5. The molecule has 3 nitrogen and oxygen atoms in total. The van der Waals surface area contributed by atoms with Gasteiger partial charge in [0, 0.05) is 11.4 Å². The summed E-state index contributed by atoms with van der Waals surface area (Å²) < 4.78 is 0. The van der Waals surface area contributed by atoms with E-state index in [0.29, 0.717) is 4.88 Å². The van der Waals surface area contributed by atoms with Crippen LogP contribution in [0.2, 0.25) is 0 Å². The molecule has 0 saturated carbocycles. The molecule has 16 heavy (non-hydrogen) atoms. The number of carboxylic acids is 1. The zero-order valence-corrected chi connectivity index (χ0v) is 10.3. The van der Waals surface area contributed by atoms with E-state index in [0.717, 1.165) is 24.5 Å². The highest BCUT2D eigenvalue weighted by Gasteiger charge is 2.15. The smallest absolute Gasteiger partial charge is 0.345 e. The monoisotopic (exact) mass is 239 g/mol. The summed E-state index contributed by atoms with van der Waals surface area (Å²) in [6.45, 7) is 5.22. The van der Waals surface area contributed by atoms with Gasteiger partial charge in [0.15, 0.2) is 0 Å². The summed E-state index contributed by atoms with van der Waals surface area (Å²) in [7, 11) is 0. The maximum Gasteiger partial charge on any atom is 0.345 e. The van der Waals surface area contributed by atoms with Gasteiger partial charge in [-0.1, -0.05) is 6.42 Å². The molecule has 0 unspecified atom stereocenters. The van der Waals surface area contributed by atoms with Gasteiger partial charge in [-0.05, 0) is 44.5 Å². The van der Waals surface area contributed by atoms with E-state index in [4.69, 9.17) is 5.11 Å². The summed E-state index contributed by atoms with van der Waals surface area (Å²) in [6.07, 6.45) is 3.88. The van der Waals surface area contributed by atoms with E-state index in [1.807, 2.05) is 13.0 Å². The van der Waals surface area contributed by atoms with Crippen molar-refractivity contribution in [2.45, 2.75) is 32.7 Å². The summed E-state index contributed by atoms with van der Waals surface area (Å²) in [5.41, 5.74) is 1.18. The van der Waals surface area contributed by atoms with Crippen LogP contribution in [0.3, 0.4) is 0 Å². The van der Waals surface area contributed by atoms with Gasteiger partial charge < -0.3 is 5.11 Å². The second-order valence-electron chi connectivity index (χ2n) is 4.33. The second kappa shape index (κ2) is 4.97. The minimum atomic E-state index is -0.807. The van der Waals surface area contributed by atoms with Crippen LogP contribution in [-0.4, -0.2) is 29.1 Å². The van der Waals surface area contributed by atoms with E-state index in [2.05, 4.69) is 4.90 Å². The van der Waals surface area contributed by atoms with E-state index in [1.165, 1.54) is 36.2 Å². The standard InChI is InChI=1S/C12H17NO2S/c1-9-10(7-11(16-9)12(14)15)8-13-5-3-2-4-6-13/h7H,2-6,8H2,1H3,(H,14,15). The van der Waals surface area contributed by atoms with E-state index >= 15 is 0 Å². The molecule has 2 heterocycles. The van der Waals surface area contributed by atoms with Crippen LogP contribution in [0.25, 0.3) is 0 Å². The Balaban J connectivity index is 2.05. The molecule has 0 aliphatic carbocycles. The fourth-order valence-corrected chi connectivity index (χ4v) is 3.01. The van der Waals surface area contributed by atoms with Crippen LogP contribution in [0.15, 0.2) is 6.07 Å². The molecular formula is C12H17NO2S. The summed E-state index contributed by atoms with van der Waals surface area (Å²) in [5, 5.41) is 8.93. The lowest BCUT2D eigenvalue weighted by molar-refractivity contribution is 0.0702. The van der Waals surface area contributed by atoms with Crippen LogP contribution in [0.1, 0.15) is 39.4 Å². The zero-order valence-electron chi connectivity index (χ0n) is 9.53. The van der Waals surface area contributed by atoms with E-state index in [1.54, 1.807) is 0 Å². The third-order valence-corrected chi connectivity index (χ3v) is 4.15. The lowest BCUT2D eigenvalue weighted by Crippen LogP contribution is -2.29. The van der Waals surface area contributed by atoms with Crippen molar-refractivity contribution in [3.63, 3.8) is 0 Å². The average Bonchev–Trinajstić information content (AvgIpc) is 2.62. The van der Waals surface area contributed by atoms with Gasteiger partial charge in [-0.3, -0.25) is 4.90 Å². The summed E-state index contributed by atoms with van der Waals surface area (Å²) in [4.78, 5) is 14.9. The Labute approximate surface area is 99.7 Å². The van der Waals surface area contributed by atoms with Crippen molar-refractivity contribution >= 4 is 17.3 Å². The van der Waals surface area contributed by atoms with Crippen molar-refractivity contribution in [3.8, 4) is 0 Å². The predicted molar refractivity (Wildman–Crippen MR) is 65.1 cm³/mol. The van der Waals surface area contributed by atoms with E-state index in [-0.39, 0.29) is 0 Å². The second-order valence-corrected chi connectivity index (χ2v) is 5.59. The van der Waals surface area contributed by atoms with Crippen molar-refractivity contribution in [2.75, 3.05) is 13.1 Å². The van der Waals surface area contributed by atoms with Crippen LogP contribution in [-0.2, 0) is 6.54 Å². The predicted octanol–water partition coefficient (Wildman–Crippen LogP) is 2.74. The quantitative estimate of drug-likeness (QED) is 0.881. The van der Waals surface area contributed by atoms with E-state index < -0.39 is 5.97 Å². The SMILES string of the molecule is Cc1sc(C(=O)O)cc1CN1CCCCC1. The number of carbonyl (C=O) groups is 1.